The van der Waals surface area contributed by atoms with Crippen molar-refractivity contribution in [2.24, 2.45) is 0 Å². The predicted molar refractivity (Wildman–Crippen MR) is 61.1 cm³/mol. The van der Waals surface area contributed by atoms with Crippen LogP contribution in [-0.4, -0.2) is 29.6 Å². The summed E-state index contributed by atoms with van der Waals surface area (Å²) in [4.78, 5) is 14.5. The number of carbonyl (C=O) groups excluding carboxylic acids is 1. The van der Waals surface area contributed by atoms with E-state index in [1.165, 1.54) is 0 Å². The van der Waals surface area contributed by atoms with Crippen LogP contribution in [0.25, 0.3) is 0 Å². The maximum absolute atomic E-state index is 11.7. The smallest absolute Gasteiger partial charge is 0.267 e. The first-order chi connectivity index (χ1) is 7.59. The number of nitrogen functional groups attached to an aromatic ring is 1. The Morgan fingerprint density at radius 3 is 3.12 bits per heavy atom. The van der Waals surface area contributed by atoms with Gasteiger partial charge in [0, 0.05) is 25.0 Å². The first kappa shape index (κ1) is 11.0. The Labute approximate surface area is 94.4 Å². The van der Waals surface area contributed by atoms with Crippen LogP contribution >= 0.6 is 0 Å². The zero-order valence-electron chi connectivity index (χ0n) is 9.38. The van der Waals surface area contributed by atoms with Crippen molar-refractivity contribution in [1.82, 2.24) is 10.3 Å². The van der Waals surface area contributed by atoms with Gasteiger partial charge in [0.05, 0.1) is 5.60 Å². The summed E-state index contributed by atoms with van der Waals surface area (Å²) in [6.07, 6.45) is 3.64. The van der Waals surface area contributed by atoms with Crippen molar-refractivity contribution >= 4 is 11.6 Å². The molecule has 1 aromatic heterocycles. The quantitative estimate of drug-likeness (QED) is 0.712. The van der Waals surface area contributed by atoms with Crippen molar-refractivity contribution in [3.05, 3.63) is 18.0 Å². The van der Waals surface area contributed by atoms with Crippen LogP contribution in [0.4, 0.5) is 5.69 Å². The molecule has 1 atom stereocenters. The third kappa shape index (κ3) is 2.36. The van der Waals surface area contributed by atoms with Gasteiger partial charge >= 0.3 is 0 Å². The summed E-state index contributed by atoms with van der Waals surface area (Å²) >= 11 is 0. The van der Waals surface area contributed by atoms with Gasteiger partial charge in [-0.15, -0.1) is 0 Å². The number of rotatable bonds is 3. The van der Waals surface area contributed by atoms with Crippen LogP contribution in [-0.2, 0) is 4.74 Å². The molecule has 0 radical (unpaired) electrons. The highest BCUT2D eigenvalue weighted by Crippen LogP contribution is 2.23. The van der Waals surface area contributed by atoms with E-state index in [1.807, 2.05) is 6.92 Å². The number of hydrogen-bond acceptors (Lipinski definition) is 3. The van der Waals surface area contributed by atoms with Crippen LogP contribution in [0, 0.1) is 0 Å². The summed E-state index contributed by atoms with van der Waals surface area (Å²) in [6, 6.07) is 1.62. The zero-order valence-corrected chi connectivity index (χ0v) is 9.38. The summed E-state index contributed by atoms with van der Waals surface area (Å²) in [6.45, 7) is 3.33. The normalized spacial score (nSPS) is 24.6. The number of aromatic nitrogens is 1. The van der Waals surface area contributed by atoms with E-state index in [9.17, 15) is 4.79 Å². The maximum atomic E-state index is 11.7. The van der Waals surface area contributed by atoms with E-state index < -0.39 is 0 Å². The van der Waals surface area contributed by atoms with Crippen LogP contribution < -0.4 is 11.1 Å². The molecule has 88 valence electrons. The first-order valence-corrected chi connectivity index (χ1v) is 5.45. The lowest BCUT2D eigenvalue weighted by atomic mass is 10.0. The molecule has 0 spiro atoms. The van der Waals surface area contributed by atoms with Gasteiger partial charge in [-0.3, -0.25) is 4.79 Å². The molecule has 0 aliphatic carbocycles. The van der Waals surface area contributed by atoms with Crippen LogP contribution in [0.1, 0.15) is 30.3 Å². The van der Waals surface area contributed by atoms with Crippen molar-refractivity contribution < 1.29 is 9.53 Å². The Balaban J connectivity index is 1.88. The Kier molecular flexibility index (Phi) is 2.87. The lowest BCUT2D eigenvalue weighted by molar-refractivity contribution is 0.0205. The molecule has 16 heavy (non-hydrogen) atoms. The molecule has 0 bridgehead atoms. The topological polar surface area (TPSA) is 80.1 Å². The van der Waals surface area contributed by atoms with Crippen molar-refractivity contribution in [1.29, 1.82) is 0 Å². The van der Waals surface area contributed by atoms with Gasteiger partial charge in [-0.1, -0.05) is 0 Å². The third-order valence-electron chi connectivity index (χ3n) is 2.87. The van der Waals surface area contributed by atoms with Gasteiger partial charge < -0.3 is 20.8 Å². The fourth-order valence-corrected chi connectivity index (χ4v) is 1.88. The van der Waals surface area contributed by atoms with Crippen molar-refractivity contribution in [3.8, 4) is 0 Å². The largest absolute Gasteiger partial charge is 0.397 e. The van der Waals surface area contributed by atoms with E-state index in [0.717, 1.165) is 19.4 Å². The molecule has 5 nitrogen and oxygen atoms in total. The highest BCUT2D eigenvalue weighted by molar-refractivity contribution is 5.93. The number of H-pyrrole nitrogens is 1. The second-order valence-electron chi connectivity index (χ2n) is 4.43. The van der Waals surface area contributed by atoms with E-state index in [2.05, 4.69) is 10.3 Å². The van der Waals surface area contributed by atoms with Crippen LogP contribution in [0.15, 0.2) is 12.3 Å². The number of anilines is 1. The van der Waals surface area contributed by atoms with Gasteiger partial charge in [0.15, 0.2) is 0 Å². The summed E-state index contributed by atoms with van der Waals surface area (Å²) in [5.74, 6) is -0.145. The second kappa shape index (κ2) is 4.17. The number of hydrogen-bond donors (Lipinski definition) is 3. The molecule has 1 saturated heterocycles. The molecule has 5 heteroatoms. The summed E-state index contributed by atoms with van der Waals surface area (Å²) in [7, 11) is 0. The van der Waals surface area contributed by atoms with Crippen molar-refractivity contribution in [2.75, 3.05) is 18.9 Å². The average molecular weight is 223 g/mol. The average Bonchev–Trinajstić information content (AvgIpc) is 2.85. The Morgan fingerprint density at radius 2 is 2.56 bits per heavy atom. The van der Waals surface area contributed by atoms with Crippen molar-refractivity contribution in [3.63, 3.8) is 0 Å². The molecule has 1 aliphatic rings. The molecule has 0 saturated carbocycles. The van der Waals surface area contributed by atoms with E-state index in [0.29, 0.717) is 17.9 Å². The van der Waals surface area contributed by atoms with Gasteiger partial charge in [0.25, 0.3) is 5.91 Å². The molecule has 1 unspecified atom stereocenters. The van der Waals surface area contributed by atoms with Crippen LogP contribution in [0.2, 0.25) is 0 Å². The standard InChI is InChI=1S/C11H17N3O2/c1-11(3-2-4-16-11)7-14-10(15)9-5-8(12)6-13-9/h5-6,13H,2-4,7,12H2,1H3,(H,14,15). The van der Waals surface area contributed by atoms with Crippen LogP contribution in [0.3, 0.4) is 0 Å². The highest BCUT2D eigenvalue weighted by Gasteiger charge is 2.30. The van der Waals surface area contributed by atoms with Gasteiger partial charge in [-0.25, -0.2) is 0 Å². The summed E-state index contributed by atoms with van der Waals surface area (Å²) in [5, 5.41) is 2.84. The van der Waals surface area contributed by atoms with Gasteiger partial charge in [0.1, 0.15) is 5.69 Å². The van der Waals surface area contributed by atoms with E-state index in [4.69, 9.17) is 10.5 Å². The summed E-state index contributed by atoms with van der Waals surface area (Å²) < 4.78 is 5.58. The zero-order chi connectivity index (χ0) is 11.6. The van der Waals surface area contributed by atoms with Gasteiger partial charge in [-0.05, 0) is 25.8 Å². The molecule has 4 N–H and O–H groups in total. The number of carbonyl (C=O) groups is 1. The maximum Gasteiger partial charge on any atom is 0.267 e. The first-order valence-electron chi connectivity index (χ1n) is 5.45. The Bertz CT molecular complexity index is 380. The Morgan fingerprint density at radius 1 is 1.75 bits per heavy atom. The minimum atomic E-state index is -0.214. The minimum Gasteiger partial charge on any atom is -0.397 e. The van der Waals surface area contributed by atoms with E-state index in [1.54, 1.807) is 12.3 Å². The van der Waals surface area contributed by atoms with Crippen molar-refractivity contribution in [2.45, 2.75) is 25.4 Å². The molecule has 1 amide bonds. The molecular weight excluding hydrogens is 206 g/mol. The highest BCUT2D eigenvalue weighted by atomic mass is 16.5. The van der Waals surface area contributed by atoms with Crippen LogP contribution in [0.5, 0.6) is 0 Å². The molecular formula is C11H17N3O2. The lowest BCUT2D eigenvalue weighted by Gasteiger charge is -2.23. The molecule has 0 aromatic carbocycles. The monoisotopic (exact) mass is 223 g/mol. The number of amides is 1. The predicted octanol–water partition coefficient (Wildman–Crippen LogP) is 0.896. The number of aromatic amines is 1. The van der Waals surface area contributed by atoms with E-state index in [-0.39, 0.29) is 11.5 Å². The molecule has 1 fully saturated rings. The molecule has 2 rings (SSSR count). The number of nitrogens with two attached hydrogens (primary N) is 1. The molecule has 1 aromatic rings. The van der Waals surface area contributed by atoms with E-state index >= 15 is 0 Å². The number of ether oxygens (including phenoxy) is 1. The minimum absolute atomic E-state index is 0.145. The second-order valence-corrected chi connectivity index (χ2v) is 4.43. The van der Waals surface area contributed by atoms with Gasteiger partial charge in [0.2, 0.25) is 0 Å². The fourth-order valence-electron chi connectivity index (χ4n) is 1.88. The fraction of sp³-hybridized carbons (Fsp3) is 0.545. The van der Waals surface area contributed by atoms with Gasteiger partial charge in [-0.2, -0.15) is 0 Å². The number of nitrogens with one attached hydrogen (secondary N) is 2. The summed E-state index contributed by atoms with van der Waals surface area (Å²) in [5.41, 5.74) is 6.36. The SMILES string of the molecule is CC1(CNC(=O)c2cc(N)c[nH]2)CCCO1. The molecule has 2 heterocycles. The molecule has 1 aliphatic heterocycles. The third-order valence-corrected chi connectivity index (χ3v) is 2.87. The Hall–Kier alpha value is -1.49. The lowest BCUT2D eigenvalue weighted by Crippen LogP contribution is -2.40.